The Morgan fingerprint density at radius 1 is 1.00 bits per heavy atom. The summed E-state index contributed by atoms with van der Waals surface area (Å²) < 4.78 is 0. The van der Waals surface area contributed by atoms with Crippen molar-refractivity contribution in [3.05, 3.63) is 11.5 Å². The van der Waals surface area contributed by atoms with Crippen molar-refractivity contribution < 1.29 is 56.2 Å². The molecular weight excluding hydrogens is 479 g/mol. The van der Waals surface area contributed by atoms with Crippen LogP contribution in [0, 0.1) is 0 Å². The number of nitrogens with one attached hydrogen (secondary N) is 2. The number of carboxylic acid groups (broad SMARTS) is 1. The summed E-state index contributed by atoms with van der Waals surface area (Å²) in [5.74, 6) is -1.76. The van der Waals surface area contributed by atoms with E-state index in [-0.39, 0.29) is 39.4 Å². The first-order chi connectivity index (χ1) is 9.72. The molecule has 0 spiro atoms. The molecule has 0 aromatic heterocycles. The Morgan fingerprint density at radius 2 is 1.41 bits per heavy atom. The minimum Gasteiger partial charge on any atom is -0.676 e. The molecule has 0 heterocycles. The second kappa shape index (κ2) is 12.1. The maximum atomic E-state index is 10.1. The quantitative estimate of drug-likeness (QED) is 0.303. The minimum atomic E-state index is -2.25. The summed E-state index contributed by atoms with van der Waals surface area (Å²) in [6, 6.07) is -0.160. The number of carboxylic acids is 1. The Kier molecular flexibility index (Phi) is 13.1. The molecule has 0 amide bonds. The van der Waals surface area contributed by atoms with Gasteiger partial charge in [-0.3, -0.25) is 0 Å². The fraction of sp³-hybridized carbons (Fsp3) is 0.833. The molecule has 0 aromatic rings. The van der Waals surface area contributed by atoms with Gasteiger partial charge in [0.05, 0.1) is 0 Å². The van der Waals surface area contributed by atoms with Crippen LogP contribution in [0.4, 0.5) is 0 Å². The topological polar surface area (TPSA) is 183 Å². The molecule has 22 heavy (non-hydrogen) atoms. The summed E-state index contributed by atoms with van der Waals surface area (Å²) in [5.41, 5.74) is 14.6. The molecule has 1 aliphatic carbocycles. The number of carbonyl (C=O) groups is 2. The molecule has 0 aliphatic heterocycles. The Bertz CT molecular complexity index is 325. The van der Waals surface area contributed by atoms with Gasteiger partial charge in [-0.25, -0.2) is 4.79 Å². The van der Waals surface area contributed by atoms with Crippen LogP contribution in [0.3, 0.4) is 0 Å². The molecule has 1 rings (SSSR count). The molecule has 9 nitrogen and oxygen atoms in total. The van der Waals surface area contributed by atoms with E-state index in [4.69, 9.17) is 37.0 Å². The second-order valence-corrected chi connectivity index (χ2v) is 4.89. The maximum Gasteiger partial charge on any atom is 2.00 e. The zero-order chi connectivity index (χ0) is 16.6. The zero-order valence-electron chi connectivity index (χ0n) is 11.7. The van der Waals surface area contributed by atoms with Crippen molar-refractivity contribution in [1.29, 1.82) is 0 Å². The molecule has 7 N–H and O–H groups in total. The van der Waals surface area contributed by atoms with E-state index in [1.165, 1.54) is 12.8 Å². The SMILES string of the molecule is O=CC(O)C(O)C(O)C(O)C(=O)O.[NH-]C1CCCCC1[NH-].[Pt+2]. The molecular formula is C12H22N2O7Pt. The molecule has 132 valence electrons. The first-order valence-corrected chi connectivity index (χ1v) is 6.55. The summed E-state index contributed by atoms with van der Waals surface area (Å²) >= 11 is 0. The summed E-state index contributed by atoms with van der Waals surface area (Å²) in [4.78, 5) is 20.0. The Labute approximate surface area is 142 Å². The standard InChI is InChI=1S/C6H12N2.C6H10O7.Pt/c7-5-3-1-2-4-6(5)8;7-1-2(8)3(9)4(10)5(11)6(12)13;/h5-8H,1-4H2;1-5,8-11H,(H,12,13);/q-2;;+2. The van der Waals surface area contributed by atoms with Gasteiger partial charge in [-0.2, -0.15) is 12.1 Å². The number of aliphatic hydroxyl groups is 4. The molecule has 0 saturated heterocycles. The number of hydrogen-bond acceptors (Lipinski definition) is 6. The van der Waals surface area contributed by atoms with Crippen molar-refractivity contribution in [1.82, 2.24) is 0 Å². The molecule has 1 aliphatic rings. The van der Waals surface area contributed by atoms with Gasteiger partial charge in [0.15, 0.2) is 12.4 Å². The molecule has 10 heteroatoms. The number of carbonyl (C=O) groups excluding carboxylic acids is 1. The van der Waals surface area contributed by atoms with E-state index in [9.17, 15) is 9.59 Å². The first-order valence-electron chi connectivity index (χ1n) is 6.55. The van der Waals surface area contributed by atoms with Gasteiger partial charge in [0, 0.05) is 0 Å². The largest absolute Gasteiger partial charge is 2.00 e. The fourth-order valence-electron chi connectivity index (χ4n) is 1.75. The number of aliphatic carboxylic acids is 1. The third-order valence-electron chi connectivity index (χ3n) is 3.18. The van der Waals surface area contributed by atoms with Crippen molar-refractivity contribution in [2.75, 3.05) is 0 Å². The Hall–Kier alpha value is -0.412. The van der Waals surface area contributed by atoms with Crippen LogP contribution in [0.25, 0.3) is 11.5 Å². The molecule has 0 aromatic carbocycles. The van der Waals surface area contributed by atoms with Crippen LogP contribution < -0.4 is 0 Å². The number of rotatable bonds is 5. The molecule has 0 radical (unpaired) electrons. The van der Waals surface area contributed by atoms with Crippen molar-refractivity contribution in [2.24, 2.45) is 0 Å². The van der Waals surface area contributed by atoms with E-state index in [1.54, 1.807) is 0 Å². The van der Waals surface area contributed by atoms with Crippen LogP contribution in [0.15, 0.2) is 0 Å². The predicted octanol–water partition coefficient (Wildman–Crippen LogP) is -0.887. The van der Waals surface area contributed by atoms with Crippen LogP contribution in [-0.4, -0.2) is 74.3 Å². The van der Waals surface area contributed by atoms with E-state index in [2.05, 4.69) is 0 Å². The molecule has 1 fully saturated rings. The number of aldehydes is 1. The van der Waals surface area contributed by atoms with Crippen LogP contribution in [0.5, 0.6) is 0 Å². The predicted molar refractivity (Wildman–Crippen MR) is 72.4 cm³/mol. The summed E-state index contributed by atoms with van der Waals surface area (Å²) in [5, 5.41) is 43.2. The van der Waals surface area contributed by atoms with E-state index < -0.39 is 30.4 Å². The van der Waals surface area contributed by atoms with E-state index in [0.29, 0.717) is 0 Å². The monoisotopic (exact) mass is 501 g/mol. The van der Waals surface area contributed by atoms with E-state index in [1.807, 2.05) is 0 Å². The van der Waals surface area contributed by atoms with Crippen LogP contribution >= 0.6 is 0 Å². The summed E-state index contributed by atoms with van der Waals surface area (Å²) in [6.45, 7) is 0. The van der Waals surface area contributed by atoms with Crippen LogP contribution in [-0.2, 0) is 30.7 Å². The van der Waals surface area contributed by atoms with Crippen molar-refractivity contribution >= 4 is 12.3 Å². The van der Waals surface area contributed by atoms with Crippen LogP contribution in [0.1, 0.15) is 25.7 Å². The van der Waals surface area contributed by atoms with E-state index in [0.717, 1.165) is 12.8 Å². The molecule has 0 bridgehead atoms. The van der Waals surface area contributed by atoms with Crippen LogP contribution in [0.2, 0.25) is 0 Å². The molecule has 1 saturated carbocycles. The summed E-state index contributed by atoms with van der Waals surface area (Å²) in [6.07, 6.45) is -4.15. The fourth-order valence-corrected chi connectivity index (χ4v) is 1.75. The second-order valence-electron chi connectivity index (χ2n) is 4.89. The van der Waals surface area contributed by atoms with Crippen molar-refractivity contribution in [3.8, 4) is 0 Å². The zero-order valence-corrected chi connectivity index (χ0v) is 14.0. The van der Waals surface area contributed by atoms with E-state index >= 15 is 0 Å². The molecule has 6 atom stereocenters. The van der Waals surface area contributed by atoms with Gasteiger partial charge in [-0.05, 0) is 0 Å². The van der Waals surface area contributed by atoms with Gasteiger partial charge in [-0.1, -0.05) is 25.7 Å². The van der Waals surface area contributed by atoms with Gasteiger partial charge in [0.1, 0.15) is 18.3 Å². The number of hydrogen-bond donors (Lipinski definition) is 5. The van der Waals surface area contributed by atoms with Gasteiger partial charge < -0.3 is 41.8 Å². The number of aliphatic hydroxyl groups excluding tert-OH is 4. The van der Waals surface area contributed by atoms with Gasteiger partial charge in [0.25, 0.3) is 0 Å². The van der Waals surface area contributed by atoms with Gasteiger partial charge in [0.2, 0.25) is 0 Å². The van der Waals surface area contributed by atoms with Crippen molar-refractivity contribution in [2.45, 2.75) is 62.2 Å². The van der Waals surface area contributed by atoms with Gasteiger partial charge in [-0.15, -0.1) is 0 Å². The average Bonchev–Trinajstić information content (AvgIpc) is 2.47. The average molecular weight is 501 g/mol. The first kappa shape index (κ1) is 23.8. The maximum absolute atomic E-state index is 10.1. The third-order valence-corrected chi connectivity index (χ3v) is 3.18. The third kappa shape index (κ3) is 8.28. The Balaban J connectivity index is 0. The van der Waals surface area contributed by atoms with Gasteiger partial charge >= 0.3 is 27.0 Å². The smallest absolute Gasteiger partial charge is 0.676 e. The summed E-state index contributed by atoms with van der Waals surface area (Å²) in [7, 11) is 0. The Morgan fingerprint density at radius 3 is 1.68 bits per heavy atom. The van der Waals surface area contributed by atoms with Crippen molar-refractivity contribution in [3.63, 3.8) is 0 Å². The molecule has 6 unspecified atom stereocenters. The minimum absolute atomic E-state index is 0. The normalized spacial score (nSPS) is 26.3.